The van der Waals surface area contributed by atoms with Crippen molar-refractivity contribution in [2.75, 3.05) is 13.2 Å². The van der Waals surface area contributed by atoms with Crippen LogP contribution in [0.1, 0.15) is 101 Å². The summed E-state index contributed by atoms with van der Waals surface area (Å²) in [5.74, 6) is 0.613. The maximum atomic E-state index is 12.3. The molecule has 0 amide bonds. The maximum absolute atomic E-state index is 12.3. The Labute approximate surface area is 382 Å². The van der Waals surface area contributed by atoms with Crippen LogP contribution in [0.25, 0.3) is 0 Å². The summed E-state index contributed by atoms with van der Waals surface area (Å²) in [5, 5.41) is 110. The Morgan fingerprint density at radius 3 is 1.89 bits per heavy atom. The first-order chi connectivity index (χ1) is 30.3. The number of hydrogen-bond donors (Lipinski definition) is 10. The van der Waals surface area contributed by atoms with Crippen molar-refractivity contribution in [1.82, 2.24) is 0 Å². The molecule has 9 rings (SSSR count). The van der Waals surface area contributed by atoms with Crippen LogP contribution in [0, 0.1) is 56.7 Å². The summed E-state index contributed by atoms with van der Waals surface area (Å²) >= 11 is 0. The number of ether oxygens (including phenoxy) is 7. The van der Waals surface area contributed by atoms with Crippen LogP contribution in [-0.2, 0) is 33.2 Å². The molecule has 65 heavy (non-hydrogen) atoms. The summed E-state index contributed by atoms with van der Waals surface area (Å²) in [6.45, 7) is 18.8. The van der Waals surface area contributed by atoms with Gasteiger partial charge in [-0.15, -0.1) is 0 Å². The summed E-state index contributed by atoms with van der Waals surface area (Å²) in [6, 6.07) is 0. The second-order valence-corrected chi connectivity index (χ2v) is 23.5. The van der Waals surface area contributed by atoms with Gasteiger partial charge in [0.2, 0.25) is 0 Å². The molecular formula is C48H78O17. The van der Waals surface area contributed by atoms with E-state index in [1.807, 2.05) is 0 Å². The molecule has 0 radical (unpaired) electrons. The lowest BCUT2D eigenvalue weighted by Gasteiger charge is -2.73. The lowest BCUT2D eigenvalue weighted by molar-refractivity contribution is -0.396. The van der Waals surface area contributed by atoms with Crippen molar-refractivity contribution >= 4 is 0 Å². The summed E-state index contributed by atoms with van der Waals surface area (Å²) in [7, 11) is 0. The first-order valence-corrected chi connectivity index (χ1v) is 24.3. The van der Waals surface area contributed by atoms with E-state index in [0.29, 0.717) is 25.9 Å². The van der Waals surface area contributed by atoms with Gasteiger partial charge in [-0.05, 0) is 92.3 Å². The third kappa shape index (κ3) is 6.79. The van der Waals surface area contributed by atoms with Crippen LogP contribution in [0.15, 0.2) is 12.2 Å². The van der Waals surface area contributed by atoms with Gasteiger partial charge in [-0.3, -0.25) is 0 Å². The standard InChI is InChI=1S/C48H78O17/c1-20-21(2)39-47(16-24(20)50)19-59-48(39)15-11-27-44(7)13-12-29(43(5,6)26(44)10-14-45(27,8)46(48,9)17-28(47)51)63-41-37(34(56)31(53)23(4)61-41)65-42-38(35(57)32(54)25(18-49)62-42)64-40-36(58)33(55)30(52)22(3)60-40/h11,15,20-42,49-58H,10,12-14,16-19H2,1-9H3/t20-,21-,22-,23+,24-,25+,26+,27+,28+,29-,30-,31-,32+,33+,34-,35-,36+,37+,38+,39-,40-,41-,42-,44-,45+,46-,47-,48+/m0/s1. The zero-order valence-corrected chi connectivity index (χ0v) is 39.4. The third-order valence-corrected chi connectivity index (χ3v) is 20.3. The molecule has 0 aromatic carbocycles. The molecule has 4 saturated carbocycles. The van der Waals surface area contributed by atoms with E-state index in [1.165, 1.54) is 6.92 Å². The van der Waals surface area contributed by atoms with E-state index >= 15 is 0 Å². The van der Waals surface area contributed by atoms with Crippen LogP contribution < -0.4 is 0 Å². The van der Waals surface area contributed by atoms with Gasteiger partial charge >= 0.3 is 0 Å². The van der Waals surface area contributed by atoms with Gasteiger partial charge in [-0.2, -0.15) is 0 Å². The molecule has 2 bridgehead atoms. The molecule has 0 unspecified atom stereocenters. The highest BCUT2D eigenvalue weighted by Gasteiger charge is 2.80. The second kappa shape index (κ2) is 16.6. The van der Waals surface area contributed by atoms with Gasteiger partial charge in [0.1, 0.15) is 61.0 Å². The number of rotatable bonds is 7. The van der Waals surface area contributed by atoms with E-state index in [0.717, 1.165) is 19.3 Å². The normalized spacial score (nSPS) is 60.6. The van der Waals surface area contributed by atoms with Crippen LogP contribution in [0.4, 0.5) is 0 Å². The fraction of sp³-hybridized carbons (Fsp3) is 0.958. The van der Waals surface area contributed by atoms with Gasteiger partial charge in [0, 0.05) is 16.7 Å². The molecule has 4 heterocycles. The molecule has 17 heteroatoms. The number of aliphatic hydroxyl groups is 10. The highest BCUT2D eigenvalue weighted by molar-refractivity contribution is 5.36. The molecule has 372 valence electrons. The Hall–Kier alpha value is -0.940. The lowest BCUT2D eigenvalue weighted by atomic mass is 9.31. The number of aliphatic hydroxyl groups excluding tert-OH is 10. The van der Waals surface area contributed by atoms with E-state index in [4.69, 9.17) is 33.2 Å². The monoisotopic (exact) mass is 927 g/mol. The summed E-state index contributed by atoms with van der Waals surface area (Å²) in [4.78, 5) is 0. The van der Waals surface area contributed by atoms with Crippen LogP contribution in [0.3, 0.4) is 0 Å². The zero-order valence-electron chi connectivity index (χ0n) is 39.4. The van der Waals surface area contributed by atoms with E-state index in [9.17, 15) is 51.1 Å². The predicted molar refractivity (Wildman–Crippen MR) is 228 cm³/mol. The van der Waals surface area contributed by atoms with Gasteiger partial charge in [-0.25, -0.2) is 0 Å². The van der Waals surface area contributed by atoms with Gasteiger partial charge in [0.05, 0.1) is 49.3 Å². The minimum atomic E-state index is -1.80. The minimum absolute atomic E-state index is 0.0747. The molecule has 1 spiro atoms. The molecule has 9 aliphatic rings. The largest absolute Gasteiger partial charge is 0.394 e. The van der Waals surface area contributed by atoms with Crippen LogP contribution >= 0.6 is 0 Å². The molecule has 10 N–H and O–H groups in total. The van der Waals surface area contributed by atoms with Crippen molar-refractivity contribution < 1.29 is 84.2 Å². The second-order valence-electron chi connectivity index (χ2n) is 23.5. The summed E-state index contributed by atoms with van der Waals surface area (Å²) in [6.07, 6.45) is -14.7. The average Bonchev–Trinajstić information content (AvgIpc) is 3.55. The van der Waals surface area contributed by atoms with Crippen LogP contribution in [0.2, 0.25) is 0 Å². The van der Waals surface area contributed by atoms with Crippen molar-refractivity contribution in [3.05, 3.63) is 12.2 Å². The molecule has 5 aliphatic carbocycles. The van der Waals surface area contributed by atoms with Gasteiger partial charge in [0.25, 0.3) is 0 Å². The van der Waals surface area contributed by atoms with Gasteiger partial charge < -0.3 is 84.2 Å². The number of fused-ring (bicyclic) bond motifs is 4. The minimum Gasteiger partial charge on any atom is -0.394 e. The lowest BCUT2D eigenvalue weighted by Crippen LogP contribution is -2.73. The highest BCUT2D eigenvalue weighted by atomic mass is 16.8. The van der Waals surface area contributed by atoms with Crippen molar-refractivity contribution in [2.45, 2.75) is 217 Å². The predicted octanol–water partition coefficient (Wildman–Crippen LogP) is 0.483. The molecule has 17 nitrogen and oxygen atoms in total. The molecular weight excluding hydrogens is 849 g/mol. The van der Waals surface area contributed by atoms with Crippen molar-refractivity contribution in [3.8, 4) is 0 Å². The van der Waals surface area contributed by atoms with Crippen molar-refractivity contribution in [2.24, 2.45) is 56.7 Å². The Morgan fingerprint density at radius 1 is 0.631 bits per heavy atom. The Kier molecular flexibility index (Phi) is 12.5. The Balaban J connectivity index is 0.980. The first kappa shape index (κ1) is 49.1. The van der Waals surface area contributed by atoms with Crippen molar-refractivity contribution in [1.29, 1.82) is 0 Å². The van der Waals surface area contributed by atoms with Crippen LogP contribution in [0.5, 0.6) is 0 Å². The average molecular weight is 927 g/mol. The quantitative estimate of drug-likeness (QED) is 0.123. The summed E-state index contributed by atoms with van der Waals surface area (Å²) in [5.41, 5.74) is -2.32. The van der Waals surface area contributed by atoms with E-state index in [1.54, 1.807) is 6.92 Å². The van der Waals surface area contributed by atoms with Gasteiger partial charge in [-0.1, -0.05) is 60.6 Å². The number of hydrogen-bond acceptors (Lipinski definition) is 17. The van der Waals surface area contributed by atoms with Gasteiger partial charge in [0.15, 0.2) is 18.9 Å². The third-order valence-electron chi connectivity index (χ3n) is 20.3. The van der Waals surface area contributed by atoms with Crippen LogP contribution in [-0.4, -0.2) is 180 Å². The van der Waals surface area contributed by atoms with Crippen molar-refractivity contribution in [3.63, 3.8) is 0 Å². The molecule has 4 saturated heterocycles. The molecule has 8 fully saturated rings. The molecule has 0 aromatic heterocycles. The fourth-order valence-corrected chi connectivity index (χ4v) is 16.1. The highest BCUT2D eigenvalue weighted by Crippen LogP contribution is 2.79. The SMILES string of the molecule is C[C@H]1[C@H](C)[C@H]2[C@]3(CO[C@]24C=C[C@@H]2[C@@]5(C)CC[C@H](O[C@@H]6O[C@H](C)[C@H](O)[C@H](O)[C@H]6O[C@@H]6O[C@H](CO)[C@@H](O)[C@H](O)[C@H]6O[C@@H]6O[C@@H](C)[C@H](O)[C@@H](O)[C@H]6O)C(C)(C)[C@H]5CC[C@@]2(C)[C@]4(C)C[C@H]3O)C[C@@H]1O. The van der Waals surface area contributed by atoms with E-state index in [-0.39, 0.29) is 45.8 Å². The van der Waals surface area contributed by atoms with E-state index < -0.39 is 133 Å². The molecule has 0 aromatic rings. The topological polar surface area (TPSA) is 267 Å². The Morgan fingerprint density at radius 2 is 1.23 bits per heavy atom. The smallest absolute Gasteiger partial charge is 0.187 e. The maximum Gasteiger partial charge on any atom is 0.187 e. The fourth-order valence-electron chi connectivity index (χ4n) is 16.1. The molecule has 4 aliphatic heterocycles. The Bertz CT molecular complexity index is 1790. The number of allylic oxidation sites excluding steroid dienone is 1. The molecule has 28 atom stereocenters. The van der Waals surface area contributed by atoms with E-state index in [2.05, 4.69) is 60.6 Å². The first-order valence-electron chi connectivity index (χ1n) is 24.3. The summed E-state index contributed by atoms with van der Waals surface area (Å²) < 4.78 is 44.2. The zero-order chi connectivity index (χ0) is 47.3.